The number of carbonyl (C=O) groups is 1. The van der Waals surface area contributed by atoms with E-state index in [1.54, 1.807) is 116 Å². The van der Waals surface area contributed by atoms with Gasteiger partial charge in [-0.05, 0) is 158 Å². The Balaban J connectivity index is 0.000000252. The van der Waals surface area contributed by atoms with Gasteiger partial charge in [-0.15, -0.1) is 0 Å². The molecule has 1 N–H and O–H groups in total. The van der Waals surface area contributed by atoms with Crippen molar-refractivity contribution < 1.29 is 46.6 Å². The van der Waals surface area contributed by atoms with Gasteiger partial charge >= 0.3 is 7.25 Å². The third-order valence-corrected chi connectivity index (χ3v) is 24.4. The van der Waals surface area contributed by atoms with E-state index in [1.807, 2.05) is 0 Å². The van der Waals surface area contributed by atoms with Crippen molar-refractivity contribution in [3.63, 3.8) is 0 Å². The van der Waals surface area contributed by atoms with Gasteiger partial charge in [-0.3, -0.25) is 4.79 Å². The fraction of sp³-hybridized carbons (Fsp3) is 0.776. The molecule has 1 aromatic carbocycles. The molecule has 0 unspecified atom stereocenters. The van der Waals surface area contributed by atoms with Crippen LogP contribution in [0, 0.1) is 0 Å². The molecule has 10 heteroatoms. The van der Waals surface area contributed by atoms with Gasteiger partial charge in [0.25, 0.3) is 0 Å². The fourth-order valence-electron chi connectivity index (χ4n) is 11.9. The van der Waals surface area contributed by atoms with Crippen LogP contribution in [0.25, 0.3) is 6.08 Å². The summed E-state index contributed by atoms with van der Waals surface area (Å²) >= 11 is 0. The van der Waals surface area contributed by atoms with Crippen LogP contribution in [-0.4, -0.2) is 52.1 Å². The van der Waals surface area contributed by atoms with E-state index in [0.29, 0.717) is 7.92 Å². The molecule has 0 aliphatic heterocycles. The van der Waals surface area contributed by atoms with E-state index in [0.717, 1.165) is 17.0 Å². The van der Waals surface area contributed by atoms with Crippen molar-refractivity contribution in [1.29, 1.82) is 0 Å². The summed E-state index contributed by atoms with van der Waals surface area (Å²) in [7, 11) is -6.68. The maximum absolute atomic E-state index is 10.0. The van der Waals surface area contributed by atoms with Gasteiger partial charge in [0.1, 0.15) is 0 Å². The first-order chi connectivity index (χ1) is 28.0. The Morgan fingerprint density at radius 2 is 0.847 bits per heavy atom. The van der Waals surface area contributed by atoms with Crippen molar-refractivity contribution >= 4 is 34.3 Å². The van der Waals surface area contributed by atoms with Gasteiger partial charge in [-0.25, -0.2) is 0 Å². The molecule has 0 aromatic heterocycles. The van der Waals surface area contributed by atoms with E-state index in [1.165, 1.54) is 120 Å². The van der Waals surface area contributed by atoms with Crippen LogP contribution in [0.2, 0.25) is 0 Å². The number of rotatable bonds is 9. The SMILES string of the molecule is C(=C\[P+](C1CCCCC1)(C1CCCCC1)C1CCCCC1)/c1ccccc1.C1CCC(P(C2CCCCC2)C2CCCCC2)CC1.CC(=O)/C=C(/C)O.F[B-](F)(F)F.[Rh]. The minimum atomic E-state index is -6.00. The van der Waals surface area contributed by atoms with Crippen LogP contribution in [0.15, 0.2) is 48.0 Å². The summed E-state index contributed by atoms with van der Waals surface area (Å²) in [6, 6.07) is 11.2. The second-order valence-electron chi connectivity index (χ2n) is 18.7. The second-order valence-corrected chi connectivity index (χ2v) is 26.1. The summed E-state index contributed by atoms with van der Waals surface area (Å²) in [5.41, 5.74) is 8.16. The predicted molar refractivity (Wildman–Crippen MR) is 248 cm³/mol. The largest absolute Gasteiger partial charge is 0.673 e. The van der Waals surface area contributed by atoms with E-state index < -0.39 is 14.5 Å². The standard InChI is InChI=1S/C26H40P.C18H33P.C5H8O2.BF4.Rh/c1-5-13-23(14-6-1)21-22-27(24-15-7-2-8-16-24,25-17-9-3-10-18-25)26-19-11-4-12-20-26;1-4-10-16(11-5-1)19(17-12-6-2-7-13-17)18-14-8-3-9-15-18;1-4(6)3-5(2)7;2-1(3,4)5;/h1,5-6,13-14,21-22,24-26H,2-4,7-12,15-20H2;16-18H,1-15H2;3,6H,1-2H3;;/q+1;;;-1;/b22-21+;;4-3-;;. The van der Waals surface area contributed by atoms with E-state index in [-0.39, 0.29) is 31.0 Å². The summed E-state index contributed by atoms with van der Waals surface area (Å²) in [4.78, 5) is 10.0. The van der Waals surface area contributed by atoms with Gasteiger partial charge in [-0.2, -0.15) is 0 Å². The van der Waals surface area contributed by atoms with E-state index in [4.69, 9.17) is 5.11 Å². The van der Waals surface area contributed by atoms with Crippen LogP contribution < -0.4 is 0 Å². The first kappa shape index (κ1) is 52.8. The zero-order chi connectivity index (χ0) is 41.6. The molecule has 2 nitrogen and oxygen atoms in total. The molecule has 6 aliphatic carbocycles. The Hall–Kier alpha value is -0.562. The molecule has 1 radical (unpaired) electrons. The number of benzene rings is 1. The molecule has 6 fully saturated rings. The summed E-state index contributed by atoms with van der Waals surface area (Å²) in [5, 5.41) is 8.36. The van der Waals surface area contributed by atoms with Gasteiger partial charge in [0, 0.05) is 32.8 Å². The Kier molecular flexibility index (Phi) is 25.9. The Morgan fingerprint density at radius 1 is 0.559 bits per heavy atom. The van der Waals surface area contributed by atoms with Crippen LogP contribution in [0.3, 0.4) is 0 Å². The topological polar surface area (TPSA) is 37.3 Å². The number of hydrogen-bond donors (Lipinski definition) is 1. The van der Waals surface area contributed by atoms with E-state index >= 15 is 0 Å². The van der Waals surface area contributed by atoms with Crippen LogP contribution in [0.1, 0.15) is 212 Å². The monoisotopic (exact) mass is 953 g/mol. The quantitative estimate of drug-likeness (QED) is 0.0880. The second kappa shape index (κ2) is 29.0. The predicted octanol–water partition coefficient (Wildman–Crippen LogP) is 17.5. The van der Waals surface area contributed by atoms with Gasteiger partial charge in [0.2, 0.25) is 0 Å². The van der Waals surface area contributed by atoms with E-state index in [2.05, 4.69) is 42.2 Å². The van der Waals surface area contributed by atoms with Crippen molar-refractivity contribution in [2.75, 3.05) is 0 Å². The van der Waals surface area contributed by atoms with Crippen LogP contribution >= 0.6 is 15.2 Å². The number of carbonyl (C=O) groups excluding carboxylic acids is 1. The van der Waals surface area contributed by atoms with Crippen molar-refractivity contribution in [3.05, 3.63) is 53.5 Å². The summed E-state index contributed by atoms with van der Waals surface area (Å²) in [6.07, 6.45) is 50.1. The fourth-order valence-corrected chi connectivity index (χ4v) is 23.4. The van der Waals surface area contributed by atoms with Gasteiger partial charge in [-0.1, -0.05) is 115 Å². The molecule has 0 atom stereocenters. The number of hydrogen-bond acceptors (Lipinski definition) is 2. The first-order valence-electron chi connectivity index (χ1n) is 24.1. The molecule has 7 rings (SSSR count). The minimum absolute atomic E-state index is 0. The van der Waals surface area contributed by atoms with Gasteiger partial charge in [0.15, 0.2) is 5.78 Å². The zero-order valence-electron chi connectivity index (χ0n) is 37.0. The van der Waals surface area contributed by atoms with Gasteiger partial charge in [0.05, 0.1) is 28.6 Å². The smallest absolute Gasteiger partial charge is 0.512 e. The Morgan fingerprint density at radius 3 is 1.10 bits per heavy atom. The third-order valence-electron chi connectivity index (χ3n) is 14.3. The molecule has 6 saturated carbocycles. The Labute approximate surface area is 373 Å². The molecule has 0 saturated heterocycles. The van der Waals surface area contributed by atoms with Gasteiger partial charge < -0.3 is 22.4 Å². The molecule has 0 amide bonds. The third kappa shape index (κ3) is 19.4. The molecule has 0 heterocycles. The number of aliphatic hydroxyl groups is 1. The normalized spacial score (nSPS) is 22.9. The van der Waals surface area contributed by atoms with Crippen LogP contribution in [0.4, 0.5) is 17.3 Å². The molecule has 59 heavy (non-hydrogen) atoms. The van der Waals surface area contributed by atoms with Crippen molar-refractivity contribution in [3.8, 4) is 0 Å². The zero-order valence-corrected chi connectivity index (χ0v) is 40.4. The minimum Gasteiger partial charge on any atom is -0.512 e. The average molecular weight is 954 g/mol. The van der Waals surface area contributed by atoms with Crippen LogP contribution in [0.5, 0.6) is 0 Å². The molecule has 339 valence electrons. The molecular formula is C49H81BF4O2P2Rh. The number of allylic oxidation sites excluding steroid dienone is 2. The van der Waals surface area contributed by atoms with E-state index in [9.17, 15) is 22.1 Å². The first-order valence-corrected chi connectivity index (χ1v) is 27.7. The number of aliphatic hydroxyl groups excluding tert-OH is 1. The molecule has 6 aliphatic rings. The Bertz CT molecular complexity index is 1210. The van der Waals surface area contributed by atoms with Crippen molar-refractivity contribution in [1.82, 2.24) is 0 Å². The van der Waals surface area contributed by atoms with Crippen molar-refractivity contribution in [2.45, 2.75) is 240 Å². The molecular weight excluding hydrogens is 872 g/mol. The maximum Gasteiger partial charge on any atom is 0.673 e. The molecule has 0 spiro atoms. The summed E-state index contributed by atoms with van der Waals surface area (Å²) < 4.78 is 39.0. The summed E-state index contributed by atoms with van der Waals surface area (Å²) in [5.74, 6) is 2.84. The van der Waals surface area contributed by atoms with Crippen molar-refractivity contribution in [2.24, 2.45) is 0 Å². The maximum atomic E-state index is 10.0. The molecule has 0 bridgehead atoms. The van der Waals surface area contributed by atoms with Crippen LogP contribution in [-0.2, 0) is 24.3 Å². The number of ketones is 1. The molecule has 1 aromatic rings. The average Bonchev–Trinajstić information content (AvgIpc) is 3.23. The summed E-state index contributed by atoms with van der Waals surface area (Å²) in [6.45, 7) is 2.85. The number of halogens is 4.